The normalized spacial score (nSPS) is 11.5. The van der Waals surface area contributed by atoms with Gasteiger partial charge in [-0.2, -0.15) is 17.6 Å². The Morgan fingerprint density at radius 3 is 2.33 bits per heavy atom. The van der Waals surface area contributed by atoms with Gasteiger partial charge in [-0.3, -0.25) is 10.1 Å². The van der Waals surface area contributed by atoms with Crippen molar-refractivity contribution in [2.24, 2.45) is 0 Å². The number of aromatic nitrogens is 2. The van der Waals surface area contributed by atoms with Crippen molar-refractivity contribution in [3.8, 4) is 0 Å². The van der Waals surface area contributed by atoms with Crippen molar-refractivity contribution < 1.29 is 13.3 Å². The van der Waals surface area contributed by atoms with Gasteiger partial charge in [-0.1, -0.05) is 23.9 Å². The molecule has 0 N–H and O–H groups in total. The molecule has 10 heteroatoms. The molecule has 1 aromatic heterocycles. The molecule has 140 valence electrons. The molecule has 0 amide bonds. The molecule has 7 nitrogen and oxygen atoms in total. The van der Waals surface area contributed by atoms with E-state index >= 15 is 0 Å². The van der Waals surface area contributed by atoms with Gasteiger partial charge in [-0.05, 0) is 54.0 Å². The summed E-state index contributed by atoms with van der Waals surface area (Å²) >= 11 is 4.59. The van der Waals surface area contributed by atoms with Crippen molar-refractivity contribution in [1.29, 1.82) is 0 Å². The summed E-state index contributed by atoms with van der Waals surface area (Å²) in [5, 5.41) is 15.0. The highest BCUT2D eigenvalue weighted by molar-refractivity contribution is 9.10. The summed E-state index contributed by atoms with van der Waals surface area (Å²) in [4.78, 5) is 11.9. The zero-order valence-electron chi connectivity index (χ0n) is 14.3. The summed E-state index contributed by atoms with van der Waals surface area (Å²) in [6.07, 6.45) is 0. The van der Waals surface area contributed by atoms with E-state index in [1.54, 1.807) is 44.2 Å². The van der Waals surface area contributed by atoms with Gasteiger partial charge in [-0.15, -0.1) is 0 Å². The van der Waals surface area contributed by atoms with E-state index < -0.39 is 14.9 Å². The van der Waals surface area contributed by atoms with Crippen molar-refractivity contribution in [2.75, 3.05) is 0 Å². The van der Waals surface area contributed by atoms with E-state index in [0.717, 1.165) is 8.98 Å². The number of nitrogens with zero attached hydrogens (tertiary/aromatic N) is 3. The van der Waals surface area contributed by atoms with Crippen molar-refractivity contribution in [2.45, 2.75) is 28.5 Å². The van der Waals surface area contributed by atoms with Gasteiger partial charge in [0.25, 0.3) is 15.7 Å². The molecular formula is C17H14BrN3O4S2. The van der Waals surface area contributed by atoms with Crippen molar-refractivity contribution in [3.63, 3.8) is 0 Å². The number of nitro benzene ring substituents is 1. The van der Waals surface area contributed by atoms with Crippen LogP contribution in [-0.2, 0) is 10.0 Å². The van der Waals surface area contributed by atoms with Gasteiger partial charge in [0.2, 0.25) is 0 Å². The van der Waals surface area contributed by atoms with Crippen molar-refractivity contribution in [1.82, 2.24) is 9.19 Å². The molecule has 0 aliphatic rings. The van der Waals surface area contributed by atoms with Crippen LogP contribution in [-0.4, -0.2) is 22.5 Å². The topological polar surface area (TPSA) is 95.1 Å². The highest BCUT2D eigenvalue weighted by Crippen LogP contribution is 2.35. The third kappa shape index (κ3) is 3.78. The molecule has 0 aliphatic heterocycles. The molecule has 1 heterocycles. The summed E-state index contributed by atoms with van der Waals surface area (Å²) in [6.45, 7) is 3.41. The number of rotatable bonds is 5. The molecule has 0 aliphatic carbocycles. The Labute approximate surface area is 168 Å². The van der Waals surface area contributed by atoms with Gasteiger partial charge in [0.05, 0.1) is 21.2 Å². The summed E-state index contributed by atoms with van der Waals surface area (Å²) in [5.41, 5.74) is 1.04. The number of hydrogen-bond donors (Lipinski definition) is 0. The first kappa shape index (κ1) is 19.6. The Morgan fingerprint density at radius 1 is 1.11 bits per heavy atom. The number of halogens is 1. The van der Waals surface area contributed by atoms with E-state index in [-0.39, 0.29) is 10.6 Å². The molecule has 0 saturated carbocycles. The molecule has 2 aromatic carbocycles. The minimum absolute atomic E-state index is 0.00000499. The predicted octanol–water partition coefficient (Wildman–Crippen LogP) is 4.56. The highest BCUT2D eigenvalue weighted by atomic mass is 79.9. The van der Waals surface area contributed by atoms with Gasteiger partial charge in [0, 0.05) is 21.5 Å². The standard InChI is InChI=1S/C17H14BrN3O4S2/c1-11-17(26-14-9-7-13(8-10-14)21(22)23)12(2)20(19-11)27(24,25)16-6-4-3-5-15(16)18/h3-10H,1-2H3. The minimum atomic E-state index is -3.86. The fourth-order valence-electron chi connectivity index (χ4n) is 2.49. The number of benzene rings is 2. The predicted molar refractivity (Wildman–Crippen MR) is 106 cm³/mol. The molecule has 0 fully saturated rings. The second-order valence-electron chi connectivity index (χ2n) is 5.63. The lowest BCUT2D eigenvalue weighted by Crippen LogP contribution is -2.16. The lowest BCUT2D eigenvalue weighted by molar-refractivity contribution is -0.384. The van der Waals surface area contributed by atoms with Crippen LogP contribution in [0.25, 0.3) is 0 Å². The molecule has 0 radical (unpaired) electrons. The minimum Gasteiger partial charge on any atom is -0.258 e. The molecule has 27 heavy (non-hydrogen) atoms. The van der Waals surface area contributed by atoms with Gasteiger partial charge < -0.3 is 0 Å². The van der Waals surface area contributed by atoms with E-state index in [2.05, 4.69) is 21.0 Å². The number of aryl methyl sites for hydroxylation is 1. The fourth-order valence-corrected chi connectivity index (χ4v) is 5.81. The first-order chi connectivity index (χ1) is 12.7. The molecule has 3 aromatic rings. The Balaban J connectivity index is 2.00. The number of nitro groups is 1. The van der Waals surface area contributed by atoms with Crippen LogP contribution in [0.1, 0.15) is 11.4 Å². The van der Waals surface area contributed by atoms with Crippen LogP contribution in [0.3, 0.4) is 0 Å². The SMILES string of the molecule is Cc1nn(S(=O)(=O)c2ccccc2Br)c(C)c1Sc1ccc([N+](=O)[O-])cc1. The second-order valence-corrected chi connectivity index (χ2v) is 9.31. The van der Waals surface area contributed by atoms with Crippen LogP contribution >= 0.6 is 27.7 Å². The lowest BCUT2D eigenvalue weighted by Gasteiger charge is -2.08. The van der Waals surface area contributed by atoms with E-state index in [4.69, 9.17) is 0 Å². The summed E-state index contributed by atoms with van der Waals surface area (Å²) in [5.74, 6) is 0. The summed E-state index contributed by atoms with van der Waals surface area (Å²) in [7, 11) is -3.86. The number of hydrogen-bond acceptors (Lipinski definition) is 6. The van der Waals surface area contributed by atoms with Crippen LogP contribution in [0.15, 0.2) is 67.7 Å². The highest BCUT2D eigenvalue weighted by Gasteiger charge is 2.25. The van der Waals surface area contributed by atoms with Crippen LogP contribution in [0.2, 0.25) is 0 Å². The molecule has 0 atom stereocenters. The van der Waals surface area contributed by atoms with E-state index in [1.807, 2.05) is 0 Å². The second kappa shape index (κ2) is 7.45. The molecule has 3 rings (SSSR count). The first-order valence-corrected chi connectivity index (χ1v) is 10.8. The zero-order chi connectivity index (χ0) is 19.8. The zero-order valence-corrected chi connectivity index (χ0v) is 17.5. The quantitative estimate of drug-likeness (QED) is 0.403. The van der Waals surface area contributed by atoms with Crippen LogP contribution < -0.4 is 0 Å². The first-order valence-electron chi connectivity index (χ1n) is 7.70. The Kier molecular flexibility index (Phi) is 5.41. The molecule has 0 unspecified atom stereocenters. The monoisotopic (exact) mass is 467 g/mol. The van der Waals surface area contributed by atoms with Gasteiger partial charge in [0.15, 0.2) is 0 Å². The third-order valence-corrected chi connectivity index (χ3v) is 7.77. The largest absolute Gasteiger partial charge is 0.284 e. The Bertz CT molecular complexity index is 1130. The van der Waals surface area contributed by atoms with E-state index in [1.165, 1.54) is 30.0 Å². The van der Waals surface area contributed by atoms with Gasteiger partial charge in [-0.25, -0.2) is 0 Å². The summed E-state index contributed by atoms with van der Waals surface area (Å²) in [6, 6.07) is 12.6. The maximum atomic E-state index is 13.0. The van der Waals surface area contributed by atoms with Crippen LogP contribution in [0.5, 0.6) is 0 Å². The lowest BCUT2D eigenvalue weighted by atomic mass is 10.3. The average Bonchev–Trinajstić information content (AvgIpc) is 2.91. The maximum absolute atomic E-state index is 13.0. The smallest absolute Gasteiger partial charge is 0.258 e. The van der Waals surface area contributed by atoms with Gasteiger partial charge in [0.1, 0.15) is 4.90 Å². The average molecular weight is 468 g/mol. The van der Waals surface area contributed by atoms with Crippen molar-refractivity contribution >= 4 is 43.4 Å². The molecule has 0 saturated heterocycles. The maximum Gasteiger partial charge on any atom is 0.284 e. The van der Waals surface area contributed by atoms with Crippen LogP contribution in [0, 0.1) is 24.0 Å². The van der Waals surface area contributed by atoms with E-state index in [9.17, 15) is 18.5 Å². The van der Waals surface area contributed by atoms with Crippen molar-refractivity contribution in [3.05, 3.63) is 74.5 Å². The van der Waals surface area contributed by atoms with Gasteiger partial charge >= 0.3 is 0 Å². The number of non-ortho nitro benzene ring substituents is 1. The molecular weight excluding hydrogens is 454 g/mol. The van der Waals surface area contributed by atoms with E-state index in [0.29, 0.717) is 20.8 Å². The fraction of sp³-hybridized carbons (Fsp3) is 0.118. The third-order valence-electron chi connectivity index (χ3n) is 3.79. The molecule has 0 bridgehead atoms. The summed E-state index contributed by atoms with van der Waals surface area (Å²) < 4.78 is 27.5. The van der Waals surface area contributed by atoms with Crippen LogP contribution in [0.4, 0.5) is 5.69 Å². The molecule has 0 spiro atoms. The Hall–Kier alpha value is -2.17. The Morgan fingerprint density at radius 2 is 1.74 bits per heavy atom.